The van der Waals surface area contributed by atoms with Crippen molar-refractivity contribution >= 4 is 5.78 Å². The number of aryl methyl sites for hydroxylation is 2. The summed E-state index contributed by atoms with van der Waals surface area (Å²) in [5.41, 5.74) is 2.22. The fourth-order valence-electron chi connectivity index (χ4n) is 1.83. The molecule has 1 heterocycles. The van der Waals surface area contributed by atoms with Crippen LogP contribution in [0.3, 0.4) is 0 Å². The van der Waals surface area contributed by atoms with Gasteiger partial charge in [-0.3, -0.25) is 0 Å². The maximum atomic E-state index is 13.2. The number of ketones is 1. The lowest BCUT2D eigenvalue weighted by Gasteiger charge is -2.06. The highest BCUT2D eigenvalue weighted by molar-refractivity contribution is 5.75. The van der Waals surface area contributed by atoms with Gasteiger partial charge in [-0.05, 0) is 32.0 Å². The Hall–Kier alpha value is -2.10. The molecule has 2 aromatic rings. The van der Waals surface area contributed by atoms with Crippen LogP contribution >= 0.6 is 0 Å². The molecule has 0 atom stereocenters. The van der Waals surface area contributed by atoms with Gasteiger partial charge in [0.15, 0.2) is 0 Å². The molecule has 1 aromatic carbocycles. The first-order chi connectivity index (χ1) is 9.04. The molecule has 0 fully saturated rings. The third-order valence-electron chi connectivity index (χ3n) is 2.72. The number of halogens is 1. The van der Waals surface area contributed by atoms with Crippen molar-refractivity contribution in [3.05, 3.63) is 47.7 Å². The van der Waals surface area contributed by atoms with Crippen LogP contribution in [0.25, 0.3) is 11.3 Å². The molecule has 3 nitrogen and oxygen atoms in total. The summed E-state index contributed by atoms with van der Waals surface area (Å²) in [6.45, 7) is 3.41. The van der Waals surface area contributed by atoms with E-state index in [1.165, 1.54) is 12.1 Å². The van der Waals surface area contributed by atoms with E-state index in [1.54, 1.807) is 19.1 Å². The van der Waals surface area contributed by atoms with Crippen LogP contribution in [-0.2, 0) is 11.2 Å². The molecule has 0 aliphatic heterocycles. The first-order valence-electron chi connectivity index (χ1n) is 6.14. The maximum absolute atomic E-state index is 13.2. The third-order valence-corrected chi connectivity index (χ3v) is 2.72. The van der Waals surface area contributed by atoms with Crippen molar-refractivity contribution in [1.82, 2.24) is 9.97 Å². The van der Waals surface area contributed by atoms with Crippen LogP contribution in [-0.4, -0.2) is 15.8 Å². The van der Waals surface area contributed by atoms with Crippen LogP contribution in [0.4, 0.5) is 4.39 Å². The van der Waals surface area contributed by atoms with Crippen molar-refractivity contribution in [3.63, 3.8) is 0 Å². The Bertz CT molecular complexity index is 611. The van der Waals surface area contributed by atoms with Crippen molar-refractivity contribution in [2.75, 3.05) is 0 Å². The highest BCUT2D eigenvalue weighted by atomic mass is 19.1. The third kappa shape index (κ3) is 3.68. The average molecular weight is 258 g/mol. The Balaban J connectivity index is 2.33. The fourth-order valence-corrected chi connectivity index (χ4v) is 1.83. The lowest BCUT2D eigenvalue weighted by molar-refractivity contribution is -0.117. The van der Waals surface area contributed by atoms with E-state index in [0.717, 1.165) is 11.3 Å². The Morgan fingerprint density at radius 1 is 1.26 bits per heavy atom. The van der Waals surface area contributed by atoms with Gasteiger partial charge in [-0.2, -0.15) is 0 Å². The number of Topliss-reactive ketones (excluding diaryl/α,β-unsaturated/α-hetero) is 1. The largest absolute Gasteiger partial charge is 0.300 e. The number of rotatable bonds is 4. The van der Waals surface area contributed by atoms with Crippen LogP contribution < -0.4 is 0 Å². The van der Waals surface area contributed by atoms with Gasteiger partial charge in [0.1, 0.15) is 17.4 Å². The minimum absolute atomic E-state index is 0.109. The van der Waals surface area contributed by atoms with Crippen molar-refractivity contribution in [1.29, 1.82) is 0 Å². The van der Waals surface area contributed by atoms with Gasteiger partial charge in [-0.25, -0.2) is 14.4 Å². The van der Waals surface area contributed by atoms with Gasteiger partial charge in [0.05, 0.1) is 5.69 Å². The minimum atomic E-state index is -0.293. The lowest BCUT2D eigenvalue weighted by Crippen LogP contribution is -2.02. The van der Waals surface area contributed by atoms with Crippen molar-refractivity contribution in [3.8, 4) is 11.3 Å². The molecule has 0 radical (unpaired) electrons. The van der Waals surface area contributed by atoms with E-state index in [2.05, 4.69) is 9.97 Å². The van der Waals surface area contributed by atoms with Gasteiger partial charge in [0.25, 0.3) is 0 Å². The lowest BCUT2D eigenvalue weighted by atomic mass is 10.1. The van der Waals surface area contributed by atoms with Crippen molar-refractivity contribution in [2.45, 2.75) is 26.7 Å². The molecule has 2 rings (SSSR count). The molecule has 0 amide bonds. The molecular formula is C15H15FN2O. The first kappa shape index (κ1) is 13.3. The van der Waals surface area contributed by atoms with E-state index >= 15 is 0 Å². The van der Waals surface area contributed by atoms with Crippen LogP contribution in [0.2, 0.25) is 0 Å². The molecule has 0 aliphatic carbocycles. The van der Waals surface area contributed by atoms with Gasteiger partial charge < -0.3 is 4.79 Å². The molecule has 0 bridgehead atoms. The van der Waals surface area contributed by atoms with E-state index in [1.807, 2.05) is 13.0 Å². The quantitative estimate of drug-likeness (QED) is 0.846. The van der Waals surface area contributed by atoms with E-state index in [4.69, 9.17) is 0 Å². The predicted octanol–water partition coefficient (Wildman–Crippen LogP) is 3.11. The minimum Gasteiger partial charge on any atom is -0.300 e. The fraction of sp³-hybridized carbons (Fsp3) is 0.267. The van der Waals surface area contributed by atoms with Gasteiger partial charge in [-0.1, -0.05) is 12.1 Å². The number of carbonyl (C=O) groups is 1. The Morgan fingerprint density at radius 3 is 2.74 bits per heavy atom. The number of hydrogen-bond acceptors (Lipinski definition) is 3. The molecule has 0 saturated carbocycles. The van der Waals surface area contributed by atoms with Crippen molar-refractivity contribution < 1.29 is 9.18 Å². The average Bonchev–Trinajstić information content (AvgIpc) is 2.36. The summed E-state index contributed by atoms with van der Waals surface area (Å²) in [4.78, 5) is 19.7. The number of hydrogen-bond donors (Lipinski definition) is 0. The van der Waals surface area contributed by atoms with Gasteiger partial charge >= 0.3 is 0 Å². The number of carbonyl (C=O) groups excluding carboxylic acids is 1. The van der Waals surface area contributed by atoms with Gasteiger partial charge in [-0.15, -0.1) is 0 Å². The summed E-state index contributed by atoms with van der Waals surface area (Å²) < 4.78 is 13.2. The summed E-state index contributed by atoms with van der Waals surface area (Å²) in [6, 6.07) is 8.10. The standard InChI is InChI=1S/C15H15FN2O/c1-10-8-14(12-4-3-5-13(16)9-12)18-15(17-10)7-6-11(2)19/h3-5,8-9H,6-7H2,1-2H3. The Morgan fingerprint density at radius 2 is 2.05 bits per heavy atom. The topological polar surface area (TPSA) is 42.9 Å². The smallest absolute Gasteiger partial charge is 0.130 e. The number of benzene rings is 1. The van der Waals surface area contributed by atoms with E-state index in [0.29, 0.717) is 24.4 Å². The molecule has 98 valence electrons. The highest BCUT2D eigenvalue weighted by Crippen LogP contribution is 2.19. The maximum Gasteiger partial charge on any atom is 0.130 e. The van der Waals surface area contributed by atoms with E-state index < -0.39 is 0 Å². The summed E-state index contributed by atoms with van der Waals surface area (Å²) in [5, 5.41) is 0. The second-order valence-corrected chi connectivity index (χ2v) is 4.52. The summed E-state index contributed by atoms with van der Waals surface area (Å²) >= 11 is 0. The molecule has 4 heteroatoms. The zero-order valence-electron chi connectivity index (χ0n) is 11.0. The van der Waals surface area contributed by atoms with Crippen LogP contribution in [0.15, 0.2) is 30.3 Å². The molecule has 0 aliphatic rings. The Kier molecular flexibility index (Phi) is 4.00. The summed E-state index contributed by atoms with van der Waals surface area (Å²) in [6.07, 6.45) is 0.936. The molecule has 0 N–H and O–H groups in total. The molecule has 1 aromatic heterocycles. The molecule has 0 spiro atoms. The van der Waals surface area contributed by atoms with Crippen LogP contribution in [0.1, 0.15) is 24.9 Å². The Labute approximate surface area is 111 Å². The molecule has 19 heavy (non-hydrogen) atoms. The van der Waals surface area contributed by atoms with E-state index in [9.17, 15) is 9.18 Å². The number of nitrogens with zero attached hydrogens (tertiary/aromatic N) is 2. The van der Waals surface area contributed by atoms with Crippen LogP contribution in [0, 0.1) is 12.7 Å². The first-order valence-corrected chi connectivity index (χ1v) is 6.14. The van der Waals surface area contributed by atoms with Gasteiger partial charge in [0, 0.05) is 24.1 Å². The summed E-state index contributed by atoms with van der Waals surface area (Å²) in [5.74, 6) is 0.436. The van der Waals surface area contributed by atoms with Crippen LogP contribution in [0.5, 0.6) is 0 Å². The highest BCUT2D eigenvalue weighted by Gasteiger charge is 2.06. The second-order valence-electron chi connectivity index (χ2n) is 4.52. The zero-order valence-corrected chi connectivity index (χ0v) is 11.0. The second kappa shape index (κ2) is 5.69. The molecule has 0 saturated heterocycles. The monoisotopic (exact) mass is 258 g/mol. The SMILES string of the molecule is CC(=O)CCc1nc(C)cc(-c2cccc(F)c2)n1. The van der Waals surface area contributed by atoms with Crippen molar-refractivity contribution in [2.24, 2.45) is 0 Å². The van der Waals surface area contributed by atoms with Gasteiger partial charge in [0.2, 0.25) is 0 Å². The molecule has 0 unspecified atom stereocenters. The molecular weight excluding hydrogens is 243 g/mol. The van der Waals surface area contributed by atoms with E-state index in [-0.39, 0.29) is 11.6 Å². The normalized spacial score (nSPS) is 10.5. The zero-order chi connectivity index (χ0) is 13.8. The summed E-state index contributed by atoms with van der Waals surface area (Å²) in [7, 11) is 0. The number of aromatic nitrogens is 2. The predicted molar refractivity (Wildman–Crippen MR) is 71.2 cm³/mol.